The van der Waals surface area contributed by atoms with E-state index >= 15 is 0 Å². The smallest absolute Gasteiger partial charge is 0.0184 e. The molecular weight excluding hydrogens is 224 g/mol. The van der Waals surface area contributed by atoms with Crippen LogP contribution in [0.4, 0.5) is 0 Å². The summed E-state index contributed by atoms with van der Waals surface area (Å²) in [6.07, 6.45) is 4.38. The lowest BCUT2D eigenvalue weighted by Crippen LogP contribution is -2.10. The van der Waals surface area contributed by atoms with Gasteiger partial charge in [0.1, 0.15) is 0 Å². The maximum absolute atomic E-state index is 3.74. The number of thioether (sulfide) groups is 1. The Kier molecular flexibility index (Phi) is 5.84. The van der Waals surface area contributed by atoms with Crippen molar-refractivity contribution in [1.82, 2.24) is 0 Å². The van der Waals surface area contributed by atoms with Gasteiger partial charge < -0.3 is 0 Å². The lowest BCUT2D eigenvalue weighted by atomic mass is 9.87. The summed E-state index contributed by atoms with van der Waals surface area (Å²) in [6, 6.07) is 9.06. The summed E-state index contributed by atoms with van der Waals surface area (Å²) in [4.78, 5) is 0. The number of allylic oxidation sites excluding steroid dienone is 1. The predicted molar refractivity (Wildman–Crippen MR) is 80.7 cm³/mol. The molecular formula is C16H24S. The van der Waals surface area contributed by atoms with Crippen LogP contribution >= 0.6 is 11.8 Å². The van der Waals surface area contributed by atoms with Crippen LogP contribution in [0.25, 0.3) is 0 Å². The predicted octanol–water partition coefficient (Wildman–Crippen LogP) is 5.18. The van der Waals surface area contributed by atoms with Crippen molar-refractivity contribution in [3.8, 4) is 0 Å². The van der Waals surface area contributed by atoms with Crippen LogP contribution in [-0.2, 0) is 11.2 Å². The molecule has 0 radical (unpaired) electrons. The molecule has 0 unspecified atom stereocenters. The van der Waals surface area contributed by atoms with Crippen LogP contribution in [0, 0.1) is 0 Å². The molecule has 0 aromatic heterocycles. The molecule has 0 aliphatic rings. The van der Waals surface area contributed by atoms with Gasteiger partial charge in [-0.25, -0.2) is 0 Å². The van der Waals surface area contributed by atoms with E-state index in [4.69, 9.17) is 0 Å². The topological polar surface area (TPSA) is 0 Å². The molecule has 0 saturated carbocycles. The standard InChI is InChI=1S/C16H24S/c1-5-6-7-12-17-13-14-8-10-15(11-9-14)16(2,3)4/h5,8-11H,1,6-7,12-13H2,2-4H3. The van der Waals surface area contributed by atoms with Crippen LogP contribution in [0.5, 0.6) is 0 Å². The highest BCUT2D eigenvalue weighted by molar-refractivity contribution is 7.98. The van der Waals surface area contributed by atoms with Crippen LogP contribution in [0.1, 0.15) is 44.7 Å². The van der Waals surface area contributed by atoms with Gasteiger partial charge in [0.05, 0.1) is 0 Å². The Labute approximate surface area is 111 Å². The zero-order valence-corrected chi connectivity index (χ0v) is 12.1. The van der Waals surface area contributed by atoms with E-state index in [1.807, 2.05) is 17.8 Å². The Morgan fingerprint density at radius 1 is 1.18 bits per heavy atom. The largest absolute Gasteiger partial charge is 0.157 e. The lowest BCUT2D eigenvalue weighted by Gasteiger charge is -2.19. The van der Waals surface area contributed by atoms with E-state index < -0.39 is 0 Å². The Balaban J connectivity index is 2.38. The first kappa shape index (κ1) is 14.4. The molecule has 1 heteroatoms. The molecule has 0 spiro atoms. The Bertz CT molecular complexity index is 330. The first-order valence-electron chi connectivity index (χ1n) is 6.32. The van der Waals surface area contributed by atoms with Gasteiger partial charge in [0.25, 0.3) is 0 Å². The summed E-state index contributed by atoms with van der Waals surface area (Å²) < 4.78 is 0. The second kappa shape index (κ2) is 6.90. The molecule has 0 N–H and O–H groups in total. The van der Waals surface area contributed by atoms with Gasteiger partial charge in [0, 0.05) is 5.75 Å². The molecule has 0 fully saturated rings. The van der Waals surface area contributed by atoms with E-state index in [2.05, 4.69) is 51.6 Å². The molecule has 0 aliphatic carbocycles. The average molecular weight is 248 g/mol. The van der Waals surface area contributed by atoms with Gasteiger partial charge in [0.2, 0.25) is 0 Å². The lowest BCUT2D eigenvalue weighted by molar-refractivity contribution is 0.590. The van der Waals surface area contributed by atoms with Gasteiger partial charge >= 0.3 is 0 Å². The number of hydrogen-bond acceptors (Lipinski definition) is 1. The van der Waals surface area contributed by atoms with Crippen LogP contribution < -0.4 is 0 Å². The van der Waals surface area contributed by atoms with Crippen LogP contribution in [0.15, 0.2) is 36.9 Å². The number of unbranched alkanes of at least 4 members (excludes halogenated alkanes) is 1. The summed E-state index contributed by atoms with van der Waals surface area (Å²) in [6.45, 7) is 10.5. The van der Waals surface area contributed by atoms with Crippen molar-refractivity contribution in [3.63, 3.8) is 0 Å². The van der Waals surface area contributed by atoms with E-state index in [1.165, 1.54) is 23.3 Å². The molecule has 1 rings (SSSR count). The Morgan fingerprint density at radius 2 is 1.82 bits per heavy atom. The second-order valence-corrected chi connectivity index (χ2v) is 6.54. The summed E-state index contributed by atoms with van der Waals surface area (Å²) in [7, 11) is 0. The fraction of sp³-hybridized carbons (Fsp3) is 0.500. The maximum Gasteiger partial charge on any atom is 0.0184 e. The summed E-state index contributed by atoms with van der Waals surface area (Å²) in [5, 5.41) is 0. The normalized spacial score (nSPS) is 11.5. The first-order valence-corrected chi connectivity index (χ1v) is 7.47. The quantitative estimate of drug-likeness (QED) is 0.493. The Hall–Kier alpha value is -0.690. The zero-order valence-electron chi connectivity index (χ0n) is 11.3. The highest BCUT2D eigenvalue weighted by atomic mass is 32.2. The van der Waals surface area contributed by atoms with Crippen LogP contribution in [0.3, 0.4) is 0 Å². The zero-order chi connectivity index (χ0) is 12.7. The van der Waals surface area contributed by atoms with Crippen molar-refractivity contribution in [2.24, 2.45) is 0 Å². The third-order valence-corrected chi connectivity index (χ3v) is 3.90. The van der Waals surface area contributed by atoms with Gasteiger partial charge in [0.15, 0.2) is 0 Å². The first-order chi connectivity index (χ1) is 8.04. The fourth-order valence-corrected chi connectivity index (χ4v) is 2.56. The molecule has 0 atom stereocenters. The van der Waals surface area contributed by atoms with Crippen molar-refractivity contribution in [3.05, 3.63) is 48.0 Å². The van der Waals surface area contributed by atoms with E-state index in [9.17, 15) is 0 Å². The van der Waals surface area contributed by atoms with Crippen LogP contribution in [0.2, 0.25) is 0 Å². The van der Waals surface area contributed by atoms with Gasteiger partial charge in [-0.3, -0.25) is 0 Å². The minimum atomic E-state index is 0.260. The molecule has 94 valence electrons. The van der Waals surface area contributed by atoms with Crippen molar-refractivity contribution in [1.29, 1.82) is 0 Å². The Morgan fingerprint density at radius 3 is 2.35 bits per heavy atom. The molecule has 1 aromatic carbocycles. The van der Waals surface area contributed by atoms with Crippen molar-refractivity contribution < 1.29 is 0 Å². The van der Waals surface area contributed by atoms with Crippen LogP contribution in [-0.4, -0.2) is 5.75 Å². The summed E-state index contributed by atoms with van der Waals surface area (Å²) >= 11 is 2.01. The summed E-state index contributed by atoms with van der Waals surface area (Å²) in [5.74, 6) is 2.36. The van der Waals surface area contributed by atoms with Gasteiger partial charge in [-0.1, -0.05) is 51.1 Å². The highest BCUT2D eigenvalue weighted by Crippen LogP contribution is 2.23. The van der Waals surface area contributed by atoms with Gasteiger partial charge in [-0.15, -0.1) is 6.58 Å². The SMILES string of the molecule is C=CCCCSCc1ccc(C(C)(C)C)cc1. The fourth-order valence-electron chi connectivity index (χ4n) is 1.62. The summed E-state index contributed by atoms with van der Waals surface area (Å²) in [5.41, 5.74) is 3.11. The third kappa shape index (κ3) is 5.45. The van der Waals surface area contributed by atoms with Crippen molar-refractivity contribution in [2.45, 2.75) is 44.8 Å². The van der Waals surface area contributed by atoms with E-state index in [0.29, 0.717) is 0 Å². The minimum absolute atomic E-state index is 0.260. The molecule has 0 aliphatic heterocycles. The monoisotopic (exact) mass is 248 g/mol. The van der Waals surface area contributed by atoms with E-state index in [1.54, 1.807) is 0 Å². The third-order valence-electron chi connectivity index (χ3n) is 2.79. The van der Waals surface area contributed by atoms with Crippen molar-refractivity contribution >= 4 is 11.8 Å². The molecule has 0 saturated heterocycles. The van der Waals surface area contributed by atoms with Gasteiger partial charge in [-0.2, -0.15) is 11.8 Å². The molecule has 0 nitrogen and oxygen atoms in total. The minimum Gasteiger partial charge on any atom is -0.157 e. The molecule has 17 heavy (non-hydrogen) atoms. The molecule has 0 bridgehead atoms. The number of hydrogen-bond donors (Lipinski definition) is 0. The number of benzene rings is 1. The molecule has 0 amide bonds. The van der Waals surface area contributed by atoms with Crippen molar-refractivity contribution in [2.75, 3.05) is 5.75 Å². The average Bonchev–Trinajstić information content (AvgIpc) is 2.28. The molecule has 0 heterocycles. The van der Waals surface area contributed by atoms with E-state index in [-0.39, 0.29) is 5.41 Å². The van der Waals surface area contributed by atoms with E-state index in [0.717, 1.165) is 12.2 Å². The van der Waals surface area contributed by atoms with Gasteiger partial charge in [-0.05, 0) is 35.1 Å². The molecule has 1 aromatic rings. The second-order valence-electron chi connectivity index (χ2n) is 5.43. The maximum atomic E-state index is 3.74. The number of rotatable bonds is 6. The highest BCUT2D eigenvalue weighted by Gasteiger charge is 2.12.